The maximum atomic E-state index is 14.1. The van der Waals surface area contributed by atoms with Gasteiger partial charge in [0.2, 0.25) is 11.8 Å². The van der Waals surface area contributed by atoms with Crippen LogP contribution in [0.4, 0.5) is 22.0 Å². The van der Waals surface area contributed by atoms with E-state index < -0.39 is 17.7 Å². The Morgan fingerprint density at radius 2 is 1.50 bits per heavy atom. The van der Waals surface area contributed by atoms with Crippen LogP contribution in [0.5, 0.6) is 0 Å². The highest BCUT2D eigenvalue weighted by Gasteiger charge is 2.38. The predicted octanol–water partition coefficient (Wildman–Crippen LogP) is 8.61. The molecule has 0 aromatic heterocycles. The predicted molar refractivity (Wildman–Crippen MR) is 150 cm³/mol. The summed E-state index contributed by atoms with van der Waals surface area (Å²) in [5, 5.41) is 6.60. The van der Waals surface area contributed by atoms with Crippen LogP contribution in [0.15, 0.2) is 47.2 Å². The van der Waals surface area contributed by atoms with Crippen molar-refractivity contribution < 1.29 is 26.7 Å². The van der Waals surface area contributed by atoms with Gasteiger partial charge < -0.3 is 10.6 Å². The van der Waals surface area contributed by atoms with Crippen LogP contribution in [0.2, 0.25) is 0 Å². The van der Waals surface area contributed by atoms with Crippen LogP contribution in [0.25, 0.3) is 0 Å². The molecule has 2 heterocycles. The molecule has 8 heteroatoms. The van der Waals surface area contributed by atoms with Gasteiger partial charge in [-0.2, -0.15) is 13.2 Å². The first-order valence-electron chi connectivity index (χ1n) is 14.8. The van der Waals surface area contributed by atoms with Gasteiger partial charge in [0, 0.05) is 30.9 Å². The van der Waals surface area contributed by atoms with Crippen LogP contribution in [-0.4, -0.2) is 24.9 Å². The smallest absolute Gasteiger partial charge is 0.329 e. The lowest BCUT2D eigenvalue weighted by atomic mass is 9.74. The molecule has 0 unspecified atom stereocenters. The molecule has 3 aliphatic rings. The summed E-state index contributed by atoms with van der Waals surface area (Å²) in [6, 6.07) is 5.16. The molecule has 2 fully saturated rings. The van der Waals surface area contributed by atoms with Gasteiger partial charge in [-0.15, -0.1) is 0 Å². The number of amides is 1. The van der Waals surface area contributed by atoms with Crippen molar-refractivity contribution >= 4 is 5.91 Å². The van der Waals surface area contributed by atoms with Gasteiger partial charge in [-0.25, -0.2) is 8.78 Å². The van der Waals surface area contributed by atoms with E-state index in [1.165, 1.54) is 12.1 Å². The average molecular weight is 569 g/mol. The molecule has 2 aliphatic heterocycles. The van der Waals surface area contributed by atoms with Crippen LogP contribution in [0, 0.1) is 17.3 Å². The second-order valence-corrected chi connectivity index (χ2v) is 12.0. The first-order valence-corrected chi connectivity index (χ1v) is 14.8. The molecule has 0 spiro atoms. The number of carbonyl (C=O) groups excluding carboxylic acids is 1. The van der Waals surface area contributed by atoms with E-state index in [0.29, 0.717) is 31.2 Å². The Hall–Kier alpha value is -2.22. The van der Waals surface area contributed by atoms with Gasteiger partial charge >= 0.3 is 6.18 Å². The fourth-order valence-electron chi connectivity index (χ4n) is 6.13. The summed E-state index contributed by atoms with van der Waals surface area (Å²) >= 11 is 0. The van der Waals surface area contributed by atoms with Gasteiger partial charge in [0.15, 0.2) is 0 Å². The molecule has 40 heavy (non-hydrogen) atoms. The summed E-state index contributed by atoms with van der Waals surface area (Å²) < 4.78 is 67.9. The molecule has 1 amide bonds. The van der Waals surface area contributed by atoms with Crippen LogP contribution >= 0.6 is 0 Å². The van der Waals surface area contributed by atoms with Gasteiger partial charge in [-0.3, -0.25) is 4.79 Å². The number of hydrogen-bond donors (Lipinski definition) is 2. The molecule has 1 saturated heterocycles. The van der Waals surface area contributed by atoms with Gasteiger partial charge in [0.1, 0.15) is 0 Å². The van der Waals surface area contributed by atoms with Crippen molar-refractivity contribution in [3.8, 4) is 0 Å². The number of nitrogens with one attached hydrogen (secondary N) is 2. The third-order valence-electron chi connectivity index (χ3n) is 8.34. The summed E-state index contributed by atoms with van der Waals surface area (Å²) in [5.74, 6) is -2.72. The number of benzene rings is 1. The fraction of sp³-hybridized carbons (Fsp3) is 0.656. The SMILES string of the molecule is CC.CC1(C)CC/C=C(C2CCC(F)(F)CC2)/C(Cc2ccc(C(F)(F)F)cc2)=C(/C2CCNCC2)NC(=O)C1. The Morgan fingerprint density at radius 3 is 2.08 bits per heavy atom. The average Bonchev–Trinajstić information content (AvgIpc) is 2.90. The van der Waals surface area contributed by atoms with E-state index in [9.17, 15) is 26.7 Å². The van der Waals surface area contributed by atoms with Crippen molar-refractivity contribution in [2.75, 3.05) is 13.1 Å². The van der Waals surface area contributed by atoms with Crippen molar-refractivity contribution in [1.29, 1.82) is 0 Å². The van der Waals surface area contributed by atoms with E-state index in [4.69, 9.17) is 0 Å². The lowest BCUT2D eigenvalue weighted by molar-refractivity contribution is -0.137. The molecule has 3 nitrogen and oxygen atoms in total. The molecule has 1 aromatic rings. The van der Waals surface area contributed by atoms with Crippen molar-refractivity contribution in [1.82, 2.24) is 10.6 Å². The number of alkyl halides is 5. The normalized spacial score (nSPS) is 26.1. The Morgan fingerprint density at radius 1 is 0.900 bits per heavy atom. The number of rotatable bonds is 4. The minimum atomic E-state index is -4.42. The summed E-state index contributed by atoms with van der Waals surface area (Å²) in [4.78, 5) is 13.3. The third kappa shape index (κ3) is 8.89. The standard InChI is InChI=1S/C30H39F5N2O.C2H6/c1-28(2)13-3-4-24(21-9-14-29(31,32)15-10-21)25(18-20-5-7-23(8-6-20)30(33,34)35)27(37-26(38)19-28)22-11-16-36-17-12-22;1-2/h4-8,21-22,36H,3,9-19H2,1-2H3,(H,37,38);1-2H3/b24-4+,27-25-;. The second-order valence-electron chi connectivity index (χ2n) is 12.0. The Bertz CT molecular complexity index is 1040. The lowest BCUT2D eigenvalue weighted by Gasteiger charge is -2.36. The summed E-state index contributed by atoms with van der Waals surface area (Å²) in [7, 11) is 0. The topological polar surface area (TPSA) is 41.1 Å². The highest BCUT2D eigenvalue weighted by atomic mass is 19.4. The Balaban J connectivity index is 0.00000216. The third-order valence-corrected chi connectivity index (χ3v) is 8.34. The van der Waals surface area contributed by atoms with Crippen molar-refractivity contribution in [3.63, 3.8) is 0 Å². The summed E-state index contributed by atoms with van der Waals surface area (Å²) in [6.45, 7) is 9.75. The second kappa shape index (κ2) is 13.6. The molecule has 0 radical (unpaired) electrons. The van der Waals surface area contributed by atoms with Crippen molar-refractivity contribution in [3.05, 3.63) is 58.3 Å². The Labute approximate surface area is 236 Å². The molecule has 0 bridgehead atoms. The Kier molecular flexibility index (Phi) is 11.0. The number of hydrogen-bond acceptors (Lipinski definition) is 2. The van der Waals surface area contributed by atoms with Crippen LogP contribution in [0.1, 0.15) is 96.6 Å². The molecular formula is C32H45F5N2O. The molecule has 1 aliphatic carbocycles. The first-order chi connectivity index (χ1) is 18.8. The molecule has 224 valence electrons. The van der Waals surface area contributed by atoms with Gasteiger partial charge in [0.05, 0.1) is 5.56 Å². The van der Waals surface area contributed by atoms with Gasteiger partial charge in [0.25, 0.3) is 0 Å². The maximum absolute atomic E-state index is 14.1. The maximum Gasteiger partial charge on any atom is 0.416 e. The lowest BCUT2D eigenvalue weighted by Crippen LogP contribution is -2.38. The number of allylic oxidation sites excluding steroid dienone is 4. The van der Waals surface area contributed by atoms with E-state index in [0.717, 1.165) is 67.7 Å². The molecule has 4 rings (SSSR count). The number of carbonyl (C=O) groups is 1. The molecule has 1 saturated carbocycles. The fourth-order valence-corrected chi connectivity index (χ4v) is 6.13. The summed E-state index contributed by atoms with van der Waals surface area (Å²) in [5.41, 5.74) is 2.51. The van der Waals surface area contributed by atoms with Crippen LogP contribution < -0.4 is 10.6 Å². The van der Waals surface area contributed by atoms with Crippen LogP contribution in [0.3, 0.4) is 0 Å². The molecule has 1 aromatic carbocycles. The van der Waals surface area contributed by atoms with E-state index in [2.05, 4.69) is 30.6 Å². The highest BCUT2D eigenvalue weighted by molar-refractivity contribution is 5.79. The minimum absolute atomic E-state index is 0.0649. The van der Waals surface area contributed by atoms with E-state index in [1.807, 2.05) is 13.8 Å². The highest BCUT2D eigenvalue weighted by Crippen LogP contribution is 2.44. The van der Waals surface area contributed by atoms with Crippen molar-refractivity contribution in [2.24, 2.45) is 17.3 Å². The first kappa shape index (κ1) is 32.3. The zero-order valence-corrected chi connectivity index (χ0v) is 24.3. The zero-order chi connectivity index (χ0) is 29.6. The summed E-state index contributed by atoms with van der Waals surface area (Å²) in [6.07, 6.45) is 1.97. The minimum Gasteiger partial charge on any atom is -0.329 e. The molecule has 2 N–H and O–H groups in total. The van der Waals surface area contributed by atoms with Gasteiger partial charge in [-0.05, 0) is 98.2 Å². The number of piperidine rings is 1. The van der Waals surface area contributed by atoms with Gasteiger partial charge in [-0.1, -0.05) is 45.9 Å². The largest absolute Gasteiger partial charge is 0.416 e. The van der Waals surface area contributed by atoms with E-state index >= 15 is 0 Å². The van der Waals surface area contributed by atoms with E-state index in [1.54, 1.807) is 0 Å². The number of halogens is 5. The molecular weight excluding hydrogens is 523 g/mol. The van der Waals surface area contributed by atoms with E-state index in [-0.39, 0.29) is 36.0 Å². The van der Waals surface area contributed by atoms with Crippen LogP contribution in [-0.2, 0) is 17.4 Å². The molecule has 0 atom stereocenters. The zero-order valence-electron chi connectivity index (χ0n) is 24.3. The van der Waals surface area contributed by atoms with Crippen molar-refractivity contribution in [2.45, 2.75) is 104 Å². The quantitative estimate of drug-likeness (QED) is 0.357. The monoisotopic (exact) mass is 568 g/mol.